The molecule has 3 nitrogen and oxygen atoms in total. The Hall–Kier alpha value is -0.120. The zero-order chi connectivity index (χ0) is 15.7. The van der Waals surface area contributed by atoms with Gasteiger partial charge >= 0.3 is 0 Å². The van der Waals surface area contributed by atoms with E-state index in [1.165, 1.54) is 25.7 Å². The lowest BCUT2D eigenvalue weighted by atomic mass is 9.89. The molecular weight excluding hydrogens is 262 g/mol. The average Bonchev–Trinajstić information content (AvgIpc) is 2.37. The molecular formula is C18H37NO2. The van der Waals surface area contributed by atoms with Crippen LogP contribution in [0, 0.1) is 11.3 Å². The summed E-state index contributed by atoms with van der Waals surface area (Å²) in [5.74, 6) is 0.737. The molecule has 0 aromatic carbocycles. The summed E-state index contributed by atoms with van der Waals surface area (Å²) in [5.41, 5.74) is 0.443. The van der Waals surface area contributed by atoms with Crippen molar-refractivity contribution in [1.29, 1.82) is 0 Å². The largest absolute Gasteiger partial charge is 0.380 e. The lowest BCUT2D eigenvalue weighted by Gasteiger charge is -2.33. The van der Waals surface area contributed by atoms with E-state index in [-0.39, 0.29) is 0 Å². The van der Waals surface area contributed by atoms with Crippen molar-refractivity contribution >= 4 is 0 Å². The highest BCUT2D eigenvalue weighted by atomic mass is 16.5. The zero-order valence-corrected chi connectivity index (χ0v) is 15.0. The van der Waals surface area contributed by atoms with Crippen molar-refractivity contribution < 1.29 is 9.47 Å². The van der Waals surface area contributed by atoms with E-state index in [0.29, 0.717) is 11.5 Å². The number of rotatable bonds is 9. The van der Waals surface area contributed by atoms with Gasteiger partial charge in [-0.2, -0.15) is 0 Å². The van der Waals surface area contributed by atoms with Crippen molar-refractivity contribution in [3.63, 3.8) is 0 Å². The standard InChI is InChI=1S/C18H37NO2/c1-16(2)8-12-20-13-10-19-11-14-21-17(15-19)7-6-9-18(3,4)5/h16-17H,6-15H2,1-5H3. The summed E-state index contributed by atoms with van der Waals surface area (Å²) < 4.78 is 11.6. The summed E-state index contributed by atoms with van der Waals surface area (Å²) in [5, 5.41) is 0. The molecule has 1 aliphatic heterocycles. The quantitative estimate of drug-likeness (QED) is 0.601. The Labute approximate surface area is 132 Å². The van der Waals surface area contributed by atoms with E-state index < -0.39 is 0 Å². The molecule has 1 unspecified atom stereocenters. The van der Waals surface area contributed by atoms with Crippen molar-refractivity contribution in [2.24, 2.45) is 11.3 Å². The third-order valence-electron chi connectivity index (χ3n) is 4.07. The van der Waals surface area contributed by atoms with Crippen molar-refractivity contribution in [1.82, 2.24) is 4.90 Å². The summed E-state index contributed by atoms with van der Waals surface area (Å²) >= 11 is 0. The smallest absolute Gasteiger partial charge is 0.0702 e. The number of morpholine rings is 1. The van der Waals surface area contributed by atoms with Crippen LogP contribution in [0.15, 0.2) is 0 Å². The summed E-state index contributed by atoms with van der Waals surface area (Å²) in [7, 11) is 0. The second-order valence-corrected chi connectivity index (χ2v) is 8.04. The van der Waals surface area contributed by atoms with E-state index in [1.54, 1.807) is 0 Å². The first-order valence-electron chi connectivity index (χ1n) is 8.78. The highest BCUT2D eigenvalue weighted by Crippen LogP contribution is 2.23. The van der Waals surface area contributed by atoms with Crippen molar-refractivity contribution in [2.75, 3.05) is 39.5 Å². The van der Waals surface area contributed by atoms with Crippen LogP contribution in [0.3, 0.4) is 0 Å². The Morgan fingerprint density at radius 1 is 1.24 bits per heavy atom. The van der Waals surface area contributed by atoms with Gasteiger partial charge in [0.15, 0.2) is 0 Å². The maximum Gasteiger partial charge on any atom is 0.0702 e. The molecule has 1 rings (SSSR count). The normalized spacial score (nSPS) is 21.1. The van der Waals surface area contributed by atoms with Gasteiger partial charge in [0.1, 0.15) is 0 Å². The molecule has 0 aliphatic carbocycles. The molecule has 0 radical (unpaired) electrons. The number of nitrogens with zero attached hydrogens (tertiary/aromatic N) is 1. The van der Waals surface area contributed by atoms with E-state index in [9.17, 15) is 0 Å². The minimum atomic E-state index is 0.428. The number of hydrogen-bond donors (Lipinski definition) is 0. The molecule has 0 N–H and O–H groups in total. The molecule has 1 saturated heterocycles. The van der Waals surface area contributed by atoms with E-state index in [2.05, 4.69) is 39.5 Å². The molecule has 1 aliphatic rings. The topological polar surface area (TPSA) is 21.7 Å². The summed E-state index contributed by atoms with van der Waals surface area (Å²) in [4.78, 5) is 2.50. The van der Waals surface area contributed by atoms with Crippen LogP contribution >= 0.6 is 0 Å². The van der Waals surface area contributed by atoms with E-state index in [1.807, 2.05) is 0 Å². The van der Waals surface area contributed by atoms with Crippen molar-refractivity contribution in [3.8, 4) is 0 Å². The zero-order valence-electron chi connectivity index (χ0n) is 15.0. The molecule has 1 fully saturated rings. The first-order chi connectivity index (χ1) is 9.87. The van der Waals surface area contributed by atoms with Crippen LogP contribution in [0.1, 0.15) is 60.3 Å². The Bertz CT molecular complexity index is 260. The molecule has 3 heteroatoms. The highest BCUT2D eigenvalue weighted by molar-refractivity contribution is 4.72. The van der Waals surface area contributed by atoms with Crippen LogP contribution in [-0.2, 0) is 9.47 Å². The fraction of sp³-hybridized carbons (Fsp3) is 1.00. The highest BCUT2D eigenvalue weighted by Gasteiger charge is 2.20. The van der Waals surface area contributed by atoms with Crippen LogP contribution in [0.25, 0.3) is 0 Å². The molecule has 0 aromatic heterocycles. The summed E-state index contributed by atoms with van der Waals surface area (Å²) in [6, 6.07) is 0. The van der Waals surface area contributed by atoms with Gasteiger partial charge in [-0.05, 0) is 30.6 Å². The van der Waals surface area contributed by atoms with E-state index >= 15 is 0 Å². The van der Waals surface area contributed by atoms with E-state index in [4.69, 9.17) is 9.47 Å². The lowest BCUT2D eigenvalue weighted by molar-refractivity contribution is -0.0411. The van der Waals surface area contributed by atoms with Gasteiger partial charge in [0, 0.05) is 26.2 Å². The second kappa shape index (κ2) is 9.81. The maximum atomic E-state index is 5.90. The van der Waals surface area contributed by atoms with Crippen LogP contribution in [0.5, 0.6) is 0 Å². The van der Waals surface area contributed by atoms with Gasteiger partial charge in [-0.15, -0.1) is 0 Å². The Morgan fingerprint density at radius 2 is 2.00 bits per heavy atom. The monoisotopic (exact) mass is 299 g/mol. The summed E-state index contributed by atoms with van der Waals surface area (Å²) in [6.45, 7) is 17.3. The molecule has 1 heterocycles. The second-order valence-electron chi connectivity index (χ2n) is 8.04. The van der Waals surface area contributed by atoms with Crippen molar-refractivity contribution in [2.45, 2.75) is 66.4 Å². The predicted molar refractivity (Wildman–Crippen MR) is 89.8 cm³/mol. The van der Waals surface area contributed by atoms with Gasteiger partial charge in [0.05, 0.1) is 19.3 Å². The predicted octanol–water partition coefficient (Wildman–Crippen LogP) is 3.97. The summed E-state index contributed by atoms with van der Waals surface area (Å²) in [6.07, 6.45) is 5.34. The Balaban J connectivity index is 2.08. The lowest BCUT2D eigenvalue weighted by Crippen LogP contribution is -2.43. The maximum absolute atomic E-state index is 5.90. The third-order valence-corrected chi connectivity index (χ3v) is 4.07. The molecule has 0 amide bonds. The molecule has 21 heavy (non-hydrogen) atoms. The van der Waals surface area contributed by atoms with Gasteiger partial charge < -0.3 is 9.47 Å². The van der Waals surface area contributed by atoms with Gasteiger partial charge in [-0.25, -0.2) is 0 Å². The number of ether oxygens (including phenoxy) is 2. The molecule has 0 aromatic rings. The minimum Gasteiger partial charge on any atom is -0.380 e. The van der Waals surface area contributed by atoms with Crippen molar-refractivity contribution in [3.05, 3.63) is 0 Å². The van der Waals surface area contributed by atoms with Gasteiger partial charge in [0.25, 0.3) is 0 Å². The van der Waals surface area contributed by atoms with Gasteiger partial charge in [-0.3, -0.25) is 4.90 Å². The Morgan fingerprint density at radius 3 is 2.67 bits per heavy atom. The molecule has 126 valence electrons. The first kappa shape index (κ1) is 18.9. The minimum absolute atomic E-state index is 0.428. The molecule has 0 spiro atoms. The van der Waals surface area contributed by atoms with Crippen LogP contribution in [-0.4, -0.2) is 50.5 Å². The fourth-order valence-electron chi connectivity index (χ4n) is 2.63. The molecule has 0 saturated carbocycles. The fourth-order valence-corrected chi connectivity index (χ4v) is 2.63. The van der Waals surface area contributed by atoms with Crippen LogP contribution in [0.2, 0.25) is 0 Å². The van der Waals surface area contributed by atoms with Gasteiger partial charge in [0.2, 0.25) is 0 Å². The average molecular weight is 299 g/mol. The van der Waals surface area contributed by atoms with Crippen LogP contribution < -0.4 is 0 Å². The van der Waals surface area contributed by atoms with Crippen LogP contribution in [0.4, 0.5) is 0 Å². The van der Waals surface area contributed by atoms with Gasteiger partial charge in [-0.1, -0.05) is 41.0 Å². The molecule has 0 bridgehead atoms. The third kappa shape index (κ3) is 10.3. The number of hydrogen-bond acceptors (Lipinski definition) is 3. The molecule has 1 atom stereocenters. The first-order valence-corrected chi connectivity index (χ1v) is 8.78. The Kier molecular flexibility index (Phi) is 8.84. The van der Waals surface area contributed by atoms with E-state index in [0.717, 1.165) is 45.4 Å². The SMILES string of the molecule is CC(C)CCOCCN1CCOC(CCCC(C)(C)C)C1.